The van der Waals surface area contributed by atoms with Crippen LogP contribution in [0.1, 0.15) is 78.6 Å². The lowest BCUT2D eigenvalue weighted by molar-refractivity contribution is -0.119. The van der Waals surface area contributed by atoms with Crippen LogP contribution >= 0.6 is 0 Å². The number of carbonyl (C=O) groups is 3. The minimum Gasteiger partial charge on any atom is -0.495 e. The van der Waals surface area contributed by atoms with Gasteiger partial charge in [-0.25, -0.2) is 4.39 Å². The van der Waals surface area contributed by atoms with Crippen LogP contribution in [0.15, 0.2) is 78.9 Å². The van der Waals surface area contributed by atoms with Gasteiger partial charge in [-0.2, -0.15) is 0 Å². The van der Waals surface area contributed by atoms with Crippen molar-refractivity contribution in [3.05, 3.63) is 84.7 Å². The van der Waals surface area contributed by atoms with Crippen molar-refractivity contribution in [2.75, 3.05) is 61.1 Å². The molecule has 3 N–H and O–H groups in total. The molecule has 0 unspecified atom stereocenters. The molecule has 0 saturated carbocycles. The zero-order chi connectivity index (χ0) is 38.7. The molecule has 3 heterocycles. The molecular weight excluding hydrogens is 684 g/mol. The van der Waals surface area contributed by atoms with Crippen molar-refractivity contribution in [1.82, 2.24) is 16.0 Å². The summed E-state index contributed by atoms with van der Waals surface area (Å²) in [5.41, 5.74) is 2.34. The zero-order valence-electron chi connectivity index (χ0n) is 32.7. The topological polar surface area (TPSA) is 106 Å². The first-order valence-corrected chi connectivity index (χ1v) is 19.8. The van der Waals surface area contributed by atoms with Gasteiger partial charge in [-0.05, 0) is 114 Å². The summed E-state index contributed by atoms with van der Waals surface area (Å²) in [6.07, 6.45) is 7.30. The fraction of sp³-hybridized carbons (Fsp3) is 0.512. The van der Waals surface area contributed by atoms with E-state index in [2.05, 4.69) is 16.0 Å². The van der Waals surface area contributed by atoms with Gasteiger partial charge < -0.3 is 35.4 Å². The third-order valence-corrected chi connectivity index (χ3v) is 10.2. The molecule has 0 spiro atoms. The van der Waals surface area contributed by atoms with E-state index in [1.54, 1.807) is 30.2 Å². The lowest BCUT2D eigenvalue weighted by atomic mass is 10.0. The number of ether oxygens (including phenoxy) is 1. The molecule has 0 radical (unpaired) electrons. The number of halogens is 1. The molecule has 6 rings (SSSR count). The van der Waals surface area contributed by atoms with E-state index in [0.717, 1.165) is 94.9 Å². The number of anilines is 3. The Hall–Kier alpha value is -4.32. The average Bonchev–Trinajstić information content (AvgIpc) is 3.24. The Morgan fingerprint density at radius 1 is 0.556 bits per heavy atom. The normalized spacial score (nSPS) is 16.5. The third kappa shape index (κ3) is 11.8. The first kappa shape index (κ1) is 42.4. The number of amides is 3. The maximum absolute atomic E-state index is 13.9. The Morgan fingerprint density at radius 2 is 0.926 bits per heavy atom. The molecule has 0 aliphatic carbocycles. The molecular formula is C43H61FN6O4. The van der Waals surface area contributed by atoms with Gasteiger partial charge in [-0.1, -0.05) is 63.2 Å². The van der Waals surface area contributed by atoms with E-state index in [0.29, 0.717) is 31.0 Å². The van der Waals surface area contributed by atoms with Crippen LogP contribution in [0.4, 0.5) is 21.5 Å². The summed E-state index contributed by atoms with van der Waals surface area (Å²) in [5.74, 6) is 0.826. The minimum absolute atomic E-state index is 0.00741. The zero-order valence-corrected chi connectivity index (χ0v) is 32.7. The number of piperidine rings is 3. The largest absolute Gasteiger partial charge is 0.495 e. The van der Waals surface area contributed by atoms with E-state index in [4.69, 9.17) is 4.74 Å². The van der Waals surface area contributed by atoms with Gasteiger partial charge in [-0.3, -0.25) is 14.4 Å². The summed E-state index contributed by atoms with van der Waals surface area (Å²) >= 11 is 0. The van der Waals surface area contributed by atoms with Crippen molar-refractivity contribution in [1.29, 1.82) is 0 Å². The van der Waals surface area contributed by atoms with Crippen LogP contribution < -0.4 is 35.4 Å². The van der Waals surface area contributed by atoms with Crippen molar-refractivity contribution in [3.8, 4) is 5.75 Å². The van der Waals surface area contributed by atoms with Crippen LogP contribution in [-0.2, 0) is 14.4 Å². The van der Waals surface area contributed by atoms with Gasteiger partial charge in [0, 0.05) is 43.1 Å². The van der Waals surface area contributed by atoms with Gasteiger partial charge in [0.05, 0.1) is 18.5 Å². The van der Waals surface area contributed by atoms with E-state index in [1.807, 2.05) is 85.2 Å². The van der Waals surface area contributed by atoms with Gasteiger partial charge in [0.25, 0.3) is 0 Å². The van der Waals surface area contributed by atoms with E-state index in [-0.39, 0.29) is 35.6 Å². The number of nitrogens with zero attached hydrogens (tertiary/aromatic N) is 3. The molecule has 0 aromatic heterocycles. The maximum atomic E-state index is 13.9. The van der Waals surface area contributed by atoms with Crippen molar-refractivity contribution >= 4 is 34.8 Å². The number of nitrogens with one attached hydrogen (secondary N) is 3. The molecule has 54 heavy (non-hydrogen) atoms. The molecule has 0 atom stereocenters. The number of methoxy groups -OCH3 is 1. The van der Waals surface area contributed by atoms with Crippen LogP contribution in [0, 0.1) is 5.82 Å². The van der Waals surface area contributed by atoms with Crippen LogP contribution in [0.25, 0.3) is 0 Å². The molecule has 3 aliphatic heterocycles. The molecule has 3 aromatic carbocycles. The molecule has 3 aromatic rings. The van der Waals surface area contributed by atoms with Crippen molar-refractivity contribution in [2.24, 2.45) is 0 Å². The van der Waals surface area contributed by atoms with Gasteiger partial charge in [0.15, 0.2) is 0 Å². The van der Waals surface area contributed by atoms with Crippen molar-refractivity contribution < 1.29 is 23.5 Å². The summed E-state index contributed by atoms with van der Waals surface area (Å²) in [4.78, 5) is 42.1. The number of carbonyl (C=O) groups excluding carboxylic acids is 3. The van der Waals surface area contributed by atoms with Gasteiger partial charge in [-0.15, -0.1) is 0 Å². The first-order valence-electron chi connectivity index (χ1n) is 19.8. The predicted octanol–water partition coefficient (Wildman–Crippen LogP) is 6.69. The summed E-state index contributed by atoms with van der Waals surface area (Å²) < 4.78 is 19.3. The molecule has 3 saturated heterocycles. The minimum atomic E-state index is -0.321. The Morgan fingerprint density at radius 3 is 1.37 bits per heavy atom. The second-order valence-electron chi connectivity index (χ2n) is 13.8. The number of hydrogen-bond acceptors (Lipinski definition) is 7. The average molecular weight is 745 g/mol. The first-order chi connectivity index (χ1) is 26.3. The highest BCUT2D eigenvalue weighted by atomic mass is 19.1. The standard InChI is InChI=1S/C15H22N2O2.C14H19FN2O.C14H20N2O/c1-3-15(18)17(12-8-10-16-11-9-12)13-6-4-5-7-14(13)19-2;1-2-14(18)17(11-7-9-16-10-8-11)13-6-4-3-5-12(13)15;1-2-14(17)16(12-6-4-3-5-7-12)13-8-10-15-11-9-13/h4-7,12,16H,3,8-11H2,1-2H3;3-6,11,16H,2,7-10H2,1H3;3-7,13,15H,2,8-11H2,1H3. The van der Waals surface area contributed by atoms with Crippen LogP contribution in [0.3, 0.4) is 0 Å². The lowest BCUT2D eigenvalue weighted by Gasteiger charge is -2.35. The number of hydrogen-bond donors (Lipinski definition) is 3. The lowest BCUT2D eigenvalue weighted by Crippen LogP contribution is -2.46. The van der Waals surface area contributed by atoms with E-state index in [1.165, 1.54) is 6.07 Å². The van der Waals surface area contributed by atoms with Gasteiger partial charge >= 0.3 is 0 Å². The van der Waals surface area contributed by atoms with E-state index in [9.17, 15) is 18.8 Å². The predicted molar refractivity (Wildman–Crippen MR) is 217 cm³/mol. The molecule has 3 amide bonds. The number of rotatable bonds is 10. The van der Waals surface area contributed by atoms with Crippen molar-refractivity contribution in [2.45, 2.75) is 96.7 Å². The monoisotopic (exact) mass is 744 g/mol. The highest BCUT2D eigenvalue weighted by Gasteiger charge is 2.29. The summed E-state index contributed by atoms with van der Waals surface area (Å²) in [6.45, 7) is 11.4. The number of para-hydroxylation sites is 4. The Labute approximate surface area is 321 Å². The quantitative estimate of drug-likeness (QED) is 0.213. The highest BCUT2D eigenvalue weighted by molar-refractivity contribution is 5.96. The smallest absolute Gasteiger partial charge is 0.227 e. The number of benzene rings is 3. The van der Waals surface area contributed by atoms with Gasteiger partial charge in [0.2, 0.25) is 17.7 Å². The molecule has 11 heteroatoms. The Kier molecular flexibility index (Phi) is 17.9. The van der Waals surface area contributed by atoms with E-state index >= 15 is 0 Å². The third-order valence-electron chi connectivity index (χ3n) is 10.2. The summed E-state index contributed by atoms with van der Waals surface area (Å²) in [7, 11) is 1.65. The molecule has 0 bridgehead atoms. The van der Waals surface area contributed by atoms with Gasteiger partial charge in [0.1, 0.15) is 11.6 Å². The molecule has 3 fully saturated rings. The molecule has 10 nitrogen and oxygen atoms in total. The maximum Gasteiger partial charge on any atom is 0.227 e. The second-order valence-corrected chi connectivity index (χ2v) is 13.8. The van der Waals surface area contributed by atoms with E-state index < -0.39 is 0 Å². The molecule has 3 aliphatic rings. The SMILES string of the molecule is CCC(=O)N(c1ccccc1)C1CCNCC1.CCC(=O)N(c1ccccc1F)C1CCNCC1.CCC(=O)N(c1ccccc1OC)C1CCNCC1. The highest BCUT2D eigenvalue weighted by Crippen LogP contribution is 2.32. The Balaban J connectivity index is 0.000000181. The summed E-state index contributed by atoms with van der Waals surface area (Å²) in [5, 5.41) is 9.94. The fourth-order valence-corrected chi connectivity index (χ4v) is 7.40. The Bertz CT molecular complexity index is 1570. The molecule has 294 valence electrons. The summed E-state index contributed by atoms with van der Waals surface area (Å²) in [6, 6.07) is 25.0. The second kappa shape index (κ2) is 22.8. The van der Waals surface area contributed by atoms with Crippen LogP contribution in [0.2, 0.25) is 0 Å². The van der Waals surface area contributed by atoms with Crippen molar-refractivity contribution in [3.63, 3.8) is 0 Å². The van der Waals surface area contributed by atoms with Crippen LogP contribution in [0.5, 0.6) is 5.75 Å². The van der Waals surface area contributed by atoms with Crippen LogP contribution in [-0.4, -0.2) is 82.2 Å². The fourth-order valence-electron chi connectivity index (χ4n) is 7.40.